The van der Waals surface area contributed by atoms with Crippen LogP contribution in [-0.2, 0) is 14.3 Å². The standard InChI is InChI=1S/C13H16ClNO3/c1-8(2)11(13(17)18-3)12(16)15-10-7-5-4-6-9(10)14/h4-8,11H,1-3H3,(H,15,16). The van der Waals surface area contributed by atoms with Gasteiger partial charge in [-0.2, -0.15) is 0 Å². The Morgan fingerprint density at radius 1 is 1.28 bits per heavy atom. The van der Waals surface area contributed by atoms with E-state index in [-0.39, 0.29) is 5.92 Å². The Hall–Kier alpha value is -1.55. The monoisotopic (exact) mass is 269 g/mol. The zero-order valence-electron chi connectivity index (χ0n) is 10.6. The summed E-state index contributed by atoms with van der Waals surface area (Å²) in [6.07, 6.45) is 0. The molecule has 0 aromatic heterocycles. The van der Waals surface area contributed by atoms with E-state index in [1.165, 1.54) is 7.11 Å². The lowest BCUT2D eigenvalue weighted by atomic mass is 9.95. The molecule has 1 aromatic carbocycles. The topological polar surface area (TPSA) is 55.4 Å². The van der Waals surface area contributed by atoms with Gasteiger partial charge in [-0.1, -0.05) is 37.6 Å². The van der Waals surface area contributed by atoms with Crippen molar-refractivity contribution >= 4 is 29.2 Å². The Kier molecular flexibility index (Phi) is 5.16. The highest BCUT2D eigenvalue weighted by Gasteiger charge is 2.31. The molecule has 18 heavy (non-hydrogen) atoms. The molecule has 1 unspecified atom stereocenters. The minimum atomic E-state index is -0.841. The number of benzene rings is 1. The van der Waals surface area contributed by atoms with Crippen LogP contribution in [-0.4, -0.2) is 19.0 Å². The van der Waals surface area contributed by atoms with Gasteiger partial charge >= 0.3 is 5.97 Å². The molecule has 0 heterocycles. The predicted octanol–water partition coefficient (Wildman–Crippen LogP) is 2.72. The number of rotatable bonds is 4. The van der Waals surface area contributed by atoms with E-state index in [2.05, 4.69) is 10.1 Å². The van der Waals surface area contributed by atoms with Crippen molar-refractivity contribution in [1.82, 2.24) is 0 Å². The molecule has 1 rings (SSSR count). The van der Waals surface area contributed by atoms with E-state index < -0.39 is 17.8 Å². The van der Waals surface area contributed by atoms with Crippen molar-refractivity contribution in [3.05, 3.63) is 29.3 Å². The van der Waals surface area contributed by atoms with Gasteiger partial charge in [-0.3, -0.25) is 9.59 Å². The number of halogens is 1. The summed E-state index contributed by atoms with van der Waals surface area (Å²) >= 11 is 5.94. The van der Waals surface area contributed by atoms with E-state index in [4.69, 9.17) is 11.6 Å². The number of anilines is 1. The van der Waals surface area contributed by atoms with Gasteiger partial charge in [0.1, 0.15) is 5.92 Å². The number of carbonyl (C=O) groups is 2. The van der Waals surface area contributed by atoms with Crippen LogP contribution in [0.25, 0.3) is 0 Å². The lowest BCUT2D eigenvalue weighted by Crippen LogP contribution is -2.34. The number of amides is 1. The molecule has 0 radical (unpaired) electrons. The van der Waals surface area contributed by atoms with Crippen LogP contribution in [0.4, 0.5) is 5.69 Å². The van der Waals surface area contributed by atoms with Crippen molar-refractivity contribution in [2.45, 2.75) is 13.8 Å². The molecule has 98 valence electrons. The van der Waals surface area contributed by atoms with E-state index in [1.807, 2.05) is 0 Å². The van der Waals surface area contributed by atoms with Crippen LogP contribution >= 0.6 is 11.6 Å². The largest absolute Gasteiger partial charge is 0.468 e. The van der Waals surface area contributed by atoms with Crippen molar-refractivity contribution in [3.63, 3.8) is 0 Å². The third-order valence-corrected chi connectivity index (χ3v) is 2.87. The van der Waals surface area contributed by atoms with Gasteiger partial charge in [0.2, 0.25) is 5.91 Å². The molecule has 0 fully saturated rings. The lowest BCUT2D eigenvalue weighted by molar-refractivity contribution is -0.150. The molecule has 0 saturated heterocycles. The first-order chi connectivity index (χ1) is 8.47. The molecule has 4 nitrogen and oxygen atoms in total. The number of hydrogen-bond donors (Lipinski definition) is 1. The molecular weight excluding hydrogens is 254 g/mol. The summed E-state index contributed by atoms with van der Waals surface area (Å²) in [4.78, 5) is 23.6. The summed E-state index contributed by atoms with van der Waals surface area (Å²) < 4.78 is 4.63. The second-order valence-corrected chi connectivity index (χ2v) is 4.62. The maximum Gasteiger partial charge on any atom is 0.318 e. The fraction of sp³-hybridized carbons (Fsp3) is 0.385. The molecule has 1 aromatic rings. The third-order valence-electron chi connectivity index (χ3n) is 2.54. The van der Waals surface area contributed by atoms with Crippen LogP contribution < -0.4 is 5.32 Å². The van der Waals surface area contributed by atoms with Crippen molar-refractivity contribution in [2.75, 3.05) is 12.4 Å². The van der Waals surface area contributed by atoms with E-state index in [0.717, 1.165) is 0 Å². The molecule has 0 aliphatic rings. The first-order valence-corrected chi connectivity index (χ1v) is 5.98. The van der Waals surface area contributed by atoms with Crippen LogP contribution in [0.15, 0.2) is 24.3 Å². The average molecular weight is 270 g/mol. The second kappa shape index (κ2) is 6.40. The second-order valence-electron chi connectivity index (χ2n) is 4.21. The van der Waals surface area contributed by atoms with Crippen molar-refractivity contribution in [3.8, 4) is 0 Å². The Bertz CT molecular complexity index is 446. The zero-order valence-corrected chi connectivity index (χ0v) is 11.3. The predicted molar refractivity (Wildman–Crippen MR) is 70.4 cm³/mol. The van der Waals surface area contributed by atoms with E-state index >= 15 is 0 Å². The number of hydrogen-bond acceptors (Lipinski definition) is 3. The summed E-state index contributed by atoms with van der Waals surface area (Å²) in [6, 6.07) is 6.86. The number of ether oxygens (including phenoxy) is 1. The lowest BCUT2D eigenvalue weighted by Gasteiger charge is -2.18. The van der Waals surface area contributed by atoms with Gasteiger partial charge in [0.25, 0.3) is 0 Å². The maximum absolute atomic E-state index is 12.0. The number of esters is 1. The van der Waals surface area contributed by atoms with Crippen LogP contribution in [0.5, 0.6) is 0 Å². The molecule has 1 atom stereocenters. The van der Waals surface area contributed by atoms with Crippen LogP contribution in [0.3, 0.4) is 0 Å². The number of para-hydroxylation sites is 1. The molecule has 0 saturated carbocycles. The minimum Gasteiger partial charge on any atom is -0.468 e. The highest BCUT2D eigenvalue weighted by molar-refractivity contribution is 6.33. The first kappa shape index (κ1) is 14.5. The Balaban J connectivity index is 2.86. The van der Waals surface area contributed by atoms with Gasteiger partial charge in [-0.25, -0.2) is 0 Å². The highest BCUT2D eigenvalue weighted by atomic mass is 35.5. The average Bonchev–Trinajstić information content (AvgIpc) is 2.31. The Morgan fingerprint density at radius 3 is 2.39 bits per heavy atom. The fourth-order valence-electron chi connectivity index (χ4n) is 1.58. The number of nitrogens with one attached hydrogen (secondary N) is 1. The van der Waals surface area contributed by atoms with E-state index in [1.54, 1.807) is 38.1 Å². The molecule has 1 N–H and O–H groups in total. The molecule has 5 heteroatoms. The van der Waals surface area contributed by atoms with Gasteiger partial charge in [0.05, 0.1) is 17.8 Å². The van der Waals surface area contributed by atoms with Crippen molar-refractivity contribution in [2.24, 2.45) is 11.8 Å². The van der Waals surface area contributed by atoms with E-state index in [9.17, 15) is 9.59 Å². The molecule has 0 spiro atoms. The molecule has 0 aliphatic carbocycles. The fourth-order valence-corrected chi connectivity index (χ4v) is 1.76. The van der Waals surface area contributed by atoms with Gasteiger partial charge < -0.3 is 10.1 Å². The Labute approximate surface area is 111 Å². The molecular formula is C13H16ClNO3. The summed E-state index contributed by atoms with van der Waals surface area (Å²) in [5.74, 6) is -1.95. The molecule has 0 bridgehead atoms. The van der Waals surface area contributed by atoms with Crippen LogP contribution in [0.1, 0.15) is 13.8 Å². The van der Waals surface area contributed by atoms with E-state index in [0.29, 0.717) is 10.7 Å². The summed E-state index contributed by atoms with van der Waals surface area (Å²) in [5.41, 5.74) is 0.485. The smallest absolute Gasteiger partial charge is 0.318 e. The van der Waals surface area contributed by atoms with Gasteiger partial charge in [-0.05, 0) is 18.1 Å². The Morgan fingerprint density at radius 2 is 1.89 bits per heavy atom. The van der Waals surface area contributed by atoms with Crippen LogP contribution in [0.2, 0.25) is 5.02 Å². The summed E-state index contributed by atoms with van der Waals surface area (Å²) in [6.45, 7) is 3.57. The normalized spacial score (nSPS) is 12.1. The minimum absolute atomic E-state index is 0.153. The SMILES string of the molecule is COC(=O)C(C(=O)Nc1ccccc1Cl)C(C)C. The summed E-state index contributed by atoms with van der Waals surface area (Å²) in [7, 11) is 1.26. The van der Waals surface area contributed by atoms with Crippen molar-refractivity contribution in [1.29, 1.82) is 0 Å². The third kappa shape index (κ3) is 3.47. The summed E-state index contributed by atoms with van der Waals surface area (Å²) in [5, 5.41) is 3.06. The number of carbonyl (C=O) groups excluding carboxylic acids is 2. The quantitative estimate of drug-likeness (QED) is 0.675. The molecule has 0 aliphatic heterocycles. The van der Waals surface area contributed by atoms with Crippen LogP contribution in [0, 0.1) is 11.8 Å². The zero-order chi connectivity index (χ0) is 13.7. The van der Waals surface area contributed by atoms with Crippen molar-refractivity contribution < 1.29 is 14.3 Å². The molecule has 1 amide bonds. The van der Waals surface area contributed by atoms with Gasteiger partial charge in [0.15, 0.2) is 0 Å². The maximum atomic E-state index is 12.0. The highest BCUT2D eigenvalue weighted by Crippen LogP contribution is 2.22. The first-order valence-electron chi connectivity index (χ1n) is 5.60. The number of methoxy groups -OCH3 is 1. The van der Waals surface area contributed by atoms with Gasteiger partial charge in [0, 0.05) is 0 Å². The van der Waals surface area contributed by atoms with Gasteiger partial charge in [-0.15, -0.1) is 0 Å².